The van der Waals surface area contributed by atoms with Gasteiger partial charge in [-0.25, -0.2) is 9.97 Å². The van der Waals surface area contributed by atoms with Gasteiger partial charge >= 0.3 is 0 Å². The molecule has 0 spiro atoms. The number of rotatable bonds is 5. The Hall–Kier alpha value is -7.60. The van der Waals surface area contributed by atoms with Crippen LogP contribution in [0.15, 0.2) is 192 Å². The summed E-state index contributed by atoms with van der Waals surface area (Å²) in [5.41, 5.74) is 3.36. The maximum atomic E-state index is 9.65. The van der Waals surface area contributed by atoms with Crippen LogP contribution < -0.4 is 0 Å². The Morgan fingerprint density at radius 3 is 2.25 bits per heavy atom. The third-order valence-electron chi connectivity index (χ3n) is 11.2. The first-order chi connectivity index (χ1) is 35.5. The fourth-order valence-corrected chi connectivity index (χ4v) is 9.60. The third-order valence-corrected chi connectivity index (χ3v) is 12.3. The molecule has 5 heteroatoms. The lowest BCUT2D eigenvalue weighted by atomic mass is 9.97. The number of para-hydroxylation sites is 2. The zero-order chi connectivity index (χ0) is 51.5. The number of aromatic nitrogens is 3. The topological polar surface area (TPSA) is 43.9 Å². The molecule has 0 unspecified atom stereocenters. The van der Waals surface area contributed by atoms with E-state index in [-0.39, 0.29) is 49.3 Å². The molecule has 60 heavy (non-hydrogen) atoms. The average Bonchev–Trinajstić information content (AvgIpc) is 4.09. The van der Waals surface area contributed by atoms with E-state index in [1.54, 1.807) is 23.5 Å². The number of thiophene rings is 1. The van der Waals surface area contributed by atoms with Crippen molar-refractivity contribution in [1.29, 1.82) is 0 Å². The second-order valence-electron chi connectivity index (χ2n) is 14.6. The van der Waals surface area contributed by atoms with Crippen molar-refractivity contribution in [3.63, 3.8) is 0 Å². The van der Waals surface area contributed by atoms with E-state index in [0.717, 1.165) is 42.0 Å². The molecule has 0 amide bonds. The second-order valence-corrected chi connectivity index (χ2v) is 15.7. The molecule has 4 heterocycles. The van der Waals surface area contributed by atoms with E-state index < -0.39 is 91.1 Å². The Morgan fingerprint density at radius 1 is 0.550 bits per heavy atom. The first-order valence-corrected chi connectivity index (χ1v) is 20.0. The molecule has 0 saturated carbocycles. The number of hydrogen-bond acceptors (Lipinski definition) is 4. The van der Waals surface area contributed by atoms with E-state index in [9.17, 15) is 6.85 Å². The number of hydrogen-bond donors (Lipinski definition) is 0. The van der Waals surface area contributed by atoms with Crippen molar-refractivity contribution in [2.75, 3.05) is 0 Å². The Bertz CT molecular complexity index is 4690. The molecule has 0 aliphatic heterocycles. The van der Waals surface area contributed by atoms with Crippen molar-refractivity contribution in [3.05, 3.63) is 193 Å². The van der Waals surface area contributed by atoms with E-state index in [0.29, 0.717) is 33.6 Å². The van der Waals surface area contributed by atoms with Gasteiger partial charge in [0.2, 0.25) is 0 Å². The minimum atomic E-state index is -0.661. The molecule has 0 fully saturated rings. The zero-order valence-electron chi connectivity index (χ0n) is 45.2. The average molecular weight is 798 g/mol. The molecular weight excluding hydrogens is 751 g/mol. The van der Waals surface area contributed by atoms with Crippen LogP contribution in [0.1, 0.15) is 24.8 Å². The van der Waals surface area contributed by atoms with Gasteiger partial charge in [-0.3, -0.25) is 0 Å². The first-order valence-electron chi connectivity index (χ1n) is 26.2. The molecule has 4 aromatic heterocycles. The number of fused-ring (bicyclic) bond motifs is 12. The smallest absolute Gasteiger partial charge is 0.161 e. The van der Waals surface area contributed by atoms with Crippen LogP contribution in [0.25, 0.3) is 119 Å². The van der Waals surface area contributed by atoms with Crippen LogP contribution in [0, 0.1) is 0 Å². The van der Waals surface area contributed by atoms with Crippen molar-refractivity contribution in [2.45, 2.75) is 6.54 Å². The SMILES string of the molecule is [2H]c1c([2H])c(-c2cc(-c3nc(-c4ccc5ccccc5c4)c4sc5ccccc5c4n3)c3c(c2)oc2ccccc23)c([2H])c([2H])c1Cn1c2c([2H])c([2H])c([2H])c([2H])c2c2c([2H])c([2H])c3c([2H])c([2H])c([2H])c([2H])c3c21. The van der Waals surface area contributed by atoms with Gasteiger partial charge in [0.1, 0.15) is 11.2 Å². The summed E-state index contributed by atoms with van der Waals surface area (Å²) in [4.78, 5) is 10.6. The van der Waals surface area contributed by atoms with E-state index >= 15 is 0 Å². The van der Waals surface area contributed by atoms with Gasteiger partial charge in [0.15, 0.2) is 5.82 Å². The lowest BCUT2D eigenvalue weighted by Crippen LogP contribution is -2.00. The lowest BCUT2D eigenvalue weighted by molar-refractivity contribution is 0.669. The molecule has 0 aliphatic rings. The molecular formula is C55H33N3OS. The fraction of sp³-hybridized carbons (Fsp3) is 0.0182. The Morgan fingerprint density at radius 2 is 1.33 bits per heavy atom. The maximum absolute atomic E-state index is 9.65. The van der Waals surface area contributed by atoms with E-state index in [1.165, 1.54) is 4.57 Å². The number of furan rings is 1. The minimum Gasteiger partial charge on any atom is -0.456 e. The quantitative estimate of drug-likeness (QED) is 0.174. The van der Waals surface area contributed by atoms with Gasteiger partial charge in [0.05, 0.1) is 40.6 Å². The Balaban J connectivity index is 1.07. The van der Waals surface area contributed by atoms with Crippen LogP contribution in [-0.2, 0) is 6.54 Å². The van der Waals surface area contributed by atoms with Crippen LogP contribution in [0.4, 0.5) is 0 Å². The molecule has 0 atom stereocenters. The van der Waals surface area contributed by atoms with Gasteiger partial charge in [-0.15, -0.1) is 11.3 Å². The van der Waals surface area contributed by atoms with Gasteiger partial charge in [-0.05, 0) is 69.2 Å². The normalized spacial score (nSPS) is 15.3. The van der Waals surface area contributed by atoms with Gasteiger partial charge < -0.3 is 8.98 Å². The third kappa shape index (κ3) is 5.09. The van der Waals surface area contributed by atoms with Crippen molar-refractivity contribution in [2.24, 2.45) is 0 Å². The summed E-state index contributed by atoms with van der Waals surface area (Å²) >= 11 is 1.59. The van der Waals surface area contributed by atoms with E-state index in [1.807, 2.05) is 66.7 Å². The molecule has 280 valence electrons. The Labute approximate surface area is 367 Å². The number of benzene rings is 9. The van der Waals surface area contributed by atoms with Crippen LogP contribution >= 0.6 is 11.3 Å². The van der Waals surface area contributed by atoms with E-state index in [2.05, 4.69) is 24.3 Å². The second kappa shape index (κ2) is 13.0. The first kappa shape index (κ1) is 22.5. The van der Waals surface area contributed by atoms with Crippen molar-refractivity contribution >= 4 is 96.9 Å². The summed E-state index contributed by atoms with van der Waals surface area (Å²) in [5.74, 6) is 0.334. The zero-order valence-corrected chi connectivity index (χ0v) is 32.0. The molecule has 0 saturated heterocycles. The number of nitrogens with zero attached hydrogens (tertiary/aromatic N) is 3. The summed E-state index contributed by atoms with van der Waals surface area (Å²) in [6, 6.07) is 25.2. The van der Waals surface area contributed by atoms with Gasteiger partial charge in [-0.1, -0.05) is 151 Å². The maximum Gasteiger partial charge on any atom is 0.161 e. The van der Waals surface area contributed by atoms with Gasteiger partial charge in [0, 0.05) is 60.2 Å². The molecule has 13 rings (SSSR count). The highest BCUT2D eigenvalue weighted by Gasteiger charge is 2.22. The van der Waals surface area contributed by atoms with Crippen LogP contribution in [0.5, 0.6) is 0 Å². The predicted molar refractivity (Wildman–Crippen MR) is 252 cm³/mol. The fourth-order valence-electron chi connectivity index (χ4n) is 8.44. The molecule has 0 bridgehead atoms. The lowest BCUT2D eigenvalue weighted by Gasteiger charge is -2.12. The van der Waals surface area contributed by atoms with Crippen LogP contribution in [0.2, 0.25) is 0 Å². The molecule has 0 radical (unpaired) electrons. The molecule has 13 aromatic rings. The summed E-state index contributed by atoms with van der Waals surface area (Å²) in [6.45, 7) is -0.597. The Kier molecular flexibility index (Phi) is 4.86. The summed E-state index contributed by atoms with van der Waals surface area (Å²) in [7, 11) is 0. The molecule has 0 N–H and O–H groups in total. The largest absolute Gasteiger partial charge is 0.456 e. The molecule has 0 aliphatic carbocycles. The van der Waals surface area contributed by atoms with E-state index in [4.69, 9.17) is 26.7 Å². The van der Waals surface area contributed by atoms with Crippen molar-refractivity contribution in [1.82, 2.24) is 14.5 Å². The standard InChI is InChI=1S/C55H33N3OS/c1-2-13-37-29-38(26-25-34(37)11-1)51-54-52(44-17-7-10-20-49(44)60-54)57-55(56-51)45-30-39(31-48-50(45)43-16-6-9-19-47(43)59-48)35-23-21-33(22-24-35)32-58-46-18-8-5-15-41(46)42-28-27-36-12-3-4-14-40(36)53(42)58/h1-31H,32H2/i3D,4D,5D,8D,12D,14D,15D,18D,21D,22D,23D,24D,27D,28D. The van der Waals surface area contributed by atoms with Gasteiger partial charge in [0.25, 0.3) is 0 Å². The molecule has 4 nitrogen and oxygen atoms in total. The molecule has 9 aromatic carbocycles. The summed E-state index contributed by atoms with van der Waals surface area (Å²) in [6.07, 6.45) is 0. The van der Waals surface area contributed by atoms with Crippen molar-refractivity contribution in [3.8, 4) is 33.8 Å². The monoisotopic (exact) mass is 797 g/mol. The summed E-state index contributed by atoms with van der Waals surface area (Å²) < 4.78 is 136. The van der Waals surface area contributed by atoms with Crippen molar-refractivity contribution < 1.29 is 23.6 Å². The highest BCUT2D eigenvalue weighted by atomic mass is 32.1. The minimum absolute atomic E-state index is 0.0832. The highest BCUT2D eigenvalue weighted by Crippen LogP contribution is 2.44. The van der Waals surface area contributed by atoms with Gasteiger partial charge in [-0.2, -0.15) is 0 Å². The van der Waals surface area contributed by atoms with Crippen LogP contribution in [0.3, 0.4) is 0 Å². The summed E-state index contributed by atoms with van der Waals surface area (Å²) in [5, 5.41) is 3.53. The van der Waals surface area contributed by atoms with Crippen LogP contribution in [-0.4, -0.2) is 14.5 Å². The predicted octanol–water partition coefficient (Wildman–Crippen LogP) is 15.2. The highest BCUT2D eigenvalue weighted by molar-refractivity contribution is 7.26.